The minimum absolute atomic E-state index is 0.773. The molecule has 5 heteroatoms. The maximum atomic E-state index is 4.22. The molecule has 0 atom stereocenters. The Bertz CT molecular complexity index is 676. The summed E-state index contributed by atoms with van der Waals surface area (Å²) in [5.41, 5.74) is 2.40. The molecule has 0 N–H and O–H groups in total. The highest BCUT2D eigenvalue weighted by Gasteiger charge is 2.08. The van der Waals surface area contributed by atoms with Crippen LogP contribution in [0.25, 0.3) is 0 Å². The Hall–Kier alpha value is -1.98. The first-order valence-corrected chi connectivity index (χ1v) is 8.31. The molecule has 0 bridgehead atoms. The highest BCUT2D eigenvalue weighted by molar-refractivity contribution is 7.09. The van der Waals surface area contributed by atoms with Crippen LogP contribution < -0.4 is 0 Å². The van der Waals surface area contributed by atoms with E-state index >= 15 is 0 Å². The van der Waals surface area contributed by atoms with E-state index < -0.39 is 0 Å². The SMILES string of the molecule is CN(CCc1cccs1)Cc1cnnn1Cc1ccccc1. The third-order valence-corrected chi connectivity index (χ3v) is 4.56. The molecule has 0 fully saturated rings. The summed E-state index contributed by atoms with van der Waals surface area (Å²) in [7, 11) is 2.15. The van der Waals surface area contributed by atoms with Gasteiger partial charge in [-0.3, -0.25) is 0 Å². The van der Waals surface area contributed by atoms with Crippen molar-refractivity contribution in [1.29, 1.82) is 0 Å². The van der Waals surface area contributed by atoms with E-state index in [1.54, 1.807) is 0 Å². The smallest absolute Gasteiger partial charge is 0.0738 e. The van der Waals surface area contributed by atoms with E-state index in [-0.39, 0.29) is 0 Å². The minimum Gasteiger partial charge on any atom is -0.300 e. The minimum atomic E-state index is 0.773. The Kier molecular flexibility index (Phi) is 4.98. The highest BCUT2D eigenvalue weighted by Crippen LogP contribution is 2.11. The summed E-state index contributed by atoms with van der Waals surface area (Å²) in [6.07, 6.45) is 2.96. The summed E-state index contributed by atoms with van der Waals surface area (Å²) in [5, 5.41) is 10.4. The van der Waals surface area contributed by atoms with Crippen molar-refractivity contribution in [1.82, 2.24) is 19.9 Å². The van der Waals surface area contributed by atoms with Gasteiger partial charge in [-0.15, -0.1) is 16.4 Å². The molecule has 2 heterocycles. The predicted octanol–water partition coefficient (Wildman–Crippen LogP) is 3.06. The van der Waals surface area contributed by atoms with Crippen LogP contribution >= 0.6 is 11.3 Å². The number of benzene rings is 1. The molecule has 0 aliphatic carbocycles. The van der Waals surface area contributed by atoms with Gasteiger partial charge >= 0.3 is 0 Å². The number of aromatic nitrogens is 3. The lowest BCUT2D eigenvalue weighted by molar-refractivity contribution is 0.320. The summed E-state index contributed by atoms with van der Waals surface area (Å²) < 4.78 is 1.98. The molecule has 0 aliphatic rings. The second kappa shape index (κ2) is 7.33. The van der Waals surface area contributed by atoms with Crippen molar-refractivity contribution in [3.05, 3.63) is 70.2 Å². The van der Waals surface area contributed by atoms with Gasteiger partial charge in [0.2, 0.25) is 0 Å². The molecule has 22 heavy (non-hydrogen) atoms. The summed E-state index contributed by atoms with van der Waals surface area (Å²) in [5.74, 6) is 0. The zero-order valence-electron chi connectivity index (χ0n) is 12.7. The Morgan fingerprint density at radius 1 is 1.14 bits per heavy atom. The Morgan fingerprint density at radius 3 is 2.77 bits per heavy atom. The highest BCUT2D eigenvalue weighted by atomic mass is 32.1. The zero-order chi connectivity index (χ0) is 15.2. The molecule has 0 saturated carbocycles. The normalized spacial score (nSPS) is 11.2. The molecule has 4 nitrogen and oxygen atoms in total. The van der Waals surface area contributed by atoms with Gasteiger partial charge in [-0.2, -0.15) is 0 Å². The summed E-state index contributed by atoms with van der Waals surface area (Å²) in [6, 6.07) is 14.7. The van der Waals surface area contributed by atoms with Gasteiger partial charge in [-0.05, 0) is 30.5 Å². The lowest BCUT2D eigenvalue weighted by Crippen LogP contribution is -2.22. The average molecular weight is 312 g/mol. The molecule has 0 unspecified atom stereocenters. The van der Waals surface area contributed by atoms with Gasteiger partial charge in [-0.25, -0.2) is 4.68 Å². The van der Waals surface area contributed by atoms with Gasteiger partial charge < -0.3 is 4.90 Å². The van der Waals surface area contributed by atoms with Crippen LogP contribution in [0.15, 0.2) is 54.0 Å². The third-order valence-electron chi connectivity index (χ3n) is 3.63. The van der Waals surface area contributed by atoms with Gasteiger partial charge in [-0.1, -0.05) is 41.6 Å². The van der Waals surface area contributed by atoms with E-state index in [0.29, 0.717) is 0 Å². The molecule has 0 saturated heterocycles. The lowest BCUT2D eigenvalue weighted by Gasteiger charge is -2.16. The van der Waals surface area contributed by atoms with Crippen LogP contribution in [0, 0.1) is 0 Å². The quantitative estimate of drug-likeness (QED) is 0.672. The molecule has 1 aromatic carbocycles. The molecule has 3 aromatic rings. The van der Waals surface area contributed by atoms with Crippen LogP contribution in [-0.2, 0) is 19.5 Å². The van der Waals surface area contributed by atoms with Crippen LogP contribution in [0.1, 0.15) is 16.1 Å². The maximum absolute atomic E-state index is 4.22. The summed E-state index contributed by atoms with van der Waals surface area (Å²) >= 11 is 1.82. The zero-order valence-corrected chi connectivity index (χ0v) is 13.5. The van der Waals surface area contributed by atoms with E-state index in [1.807, 2.05) is 28.3 Å². The molecular formula is C17H20N4S. The van der Waals surface area contributed by atoms with Gasteiger partial charge in [0.1, 0.15) is 0 Å². The summed E-state index contributed by atoms with van der Waals surface area (Å²) in [6.45, 7) is 2.68. The third kappa shape index (κ3) is 4.02. The molecule has 0 radical (unpaired) electrons. The van der Waals surface area contributed by atoms with E-state index in [0.717, 1.165) is 31.7 Å². The summed E-state index contributed by atoms with van der Waals surface area (Å²) in [4.78, 5) is 3.75. The fourth-order valence-electron chi connectivity index (χ4n) is 2.40. The van der Waals surface area contributed by atoms with E-state index in [1.165, 1.54) is 10.4 Å². The van der Waals surface area contributed by atoms with Crippen LogP contribution in [0.2, 0.25) is 0 Å². The second-order valence-corrected chi connectivity index (χ2v) is 6.47. The maximum Gasteiger partial charge on any atom is 0.0738 e. The van der Waals surface area contributed by atoms with Gasteiger partial charge in [0, 0.05) is 18.0 Å². The van der Waals surface area contributed by atoms with Crippen molar-refractivity contribution in [3.63, 3.8) is 0 Å². The van der Waals surface area contributed by atoms with Crippen LogP contribution in [0.5, 0.6) is 0 Å². The van der Waals surface area contributed by atoms with Crippen molar-refractivity contribution in [2.75, 3.05) is 13.6 Å². The predicted molar refractivity (Wildman–Crippen MR) is 89.9 cm³/mol. The largest absolute Gasteiger partial charge is 0.300 e. The number of thiophene rings is 1. The van der Waals surface area contributed by atoms with E-state index in [2.05, 4.69) is 64.0 Å². The van der Waals surface area contributed by atoms with E-state index in [9.17, 15) is 0 Å². The molecule has 0 amide bonds. The molecule has 114 valence electrons. The van der Waals surface area contributed by atoms with E-state index in [4.69, 9.17) is 0 Å². The number of hydrogen-bond donors (Lipinski definition) is 0. The van der Waals surface area contributed by atoms with Crippen LogP contribution in [-0.4, -0.2) is 33.5 Å². The Labute approximate surface area is 135 Å². The first-order valence-electron chi connectivity index (χ1n) is 7.43. The van der Waals surface area contributed by atoms with Crippen LogP contribution in [0.4, 0.5) is 0 Å². The molecule has 0 spiro atoms. The molecule has 0 aliphatic heterocycles. The van der Waals surface area contributed by atoms with Crippen LogP contribution in [0.3, 0.4) is 0 Å². The first kappa shape index (κ1) is 14.9. The van der Waals surface area contributed by atoms with Gasteiger partial charge in [0.25, 0.3) is 0 Å². The van der Waals surface area contributed by atoms with Crippen molar-refractivity contribution >= 4 is 11.3 Å². The van der Waals surface area contributed by atoms with Crippen molar-refractivity contribution in [2.45, 2.75) is 19.5 Å². The number of rotatable bonds is 7. The topological polar surface area (TPSA) is 34.0 Å². The Morgan fingerprint density at radius 2 is 2.00 bits per heavy atom. The van der Waals surface area contributed by atoms with Crippen molar-refractivity contribution in [2.24, 2.45) is 0 Å². The number of nitrogens with zero attached hydrogens (tertiary/aromatic N) is 4. The van der Waals surface area contributed by atoms with Gasteiger partial charge in [0.15, 0.2) is 0 Å². The monoisotopic (exact) mass is 312 g/mol. The average Bonchev–Trinajstić information content (AvgIpc) is 3.19. The number of likely N-dealkylation sites (N-methyl/N-ethyl adjacent to an activating group) is 1. The molecule has 3 rings (SSSR count). The van der Waals surface area contributed by atoms with Crippen molar-refractivity contribution in [3.8, 4) is 0 Å². The number of hydrogen-bond acceptors (Lipinski definition) is 4. The molecular weight excluding hydrogens is 292 g/mol. The molecule has 2 aromatic heterocycles. The Balaban J connectivity index is 1.57. The van der Waals surface area contributed by atoms with Gasteiger partial charge in [0.05, 0.1) is 18.4 Å². The second-order valence-electron chi connectivity index (χ2n) is 5.44. The van der Waals surface area contributed by atoms with Crippen molar-refractivity contribution < 1.29 is 0 Å². The standard InChI is InChI=1S/C17H20N4S/c1-20(10-9-17-8-5-11-22-17)14-16-12-18-19-21(16)13-15-6-3-2-4-7-15/h2-8,11-12H,9-10,13-14H2,1H3. The lowest BCUT2D eigenvalue weighted by atomic mass is 10.2. The fraction of sp³-hybridized carbons (Fsp3) is 0.294. The first-order chi connectivity index (χ1) is 10.8. The fourth-order valence-corrected chi connectivity index (χ4v) is 3.10.